The average molecular weight is 191 g/mol. The maximum Gasteiger partial charge on any atom is 0.219 e. The smallest absolute Gasteiger partial charge is 0.219 e. The molecule has 0 aliphatic carbocycles. The topological polar surface area (TPSA) is 61.0 Å². The predicted molar refractivity (Wildman–Crippen MR) is 54.6 cm³/mol. The van der Waals surface area contributed by atoms with Crippen LogP contribution in [-0.2, 0) is 0 Å². The highest BCUT2D eigenvalue weighted by atomic mass is 16.5. The first-order valence-corrected chi connectivity index (χ1v) is 4.34. The summed E-state index contributed by atoms with van der Waals surface area (Å²) in [5.74, 6) is 3.34. The van der Waals surface area contributed by atoms with Crippen LogP contribution in [0.5, 0.6) is 5.88 Å². The maximum atomic E-state index is 5.51. The second-order valence-electron chi connectivity index (χ2n) is 3.11. The van der Waals surface area contributed by atoms with Crippen molar-refractivity contribution in [3.05, 3.63) is 12.4 Å². The largest absolute Gasteiger partial charge is 0.458 e. The van der Waals surface area contributed by atoms with E-state index in [0.717, 1.165) is 0 Å². The van der Waals surface area contributed by atoms with Crippen molar-refractivity contribution < 1.29 is 4.74 Å². The number of hydrogen-bond acceptors (Lipinski definition) is 4. The number of terminal acetylenes is 1. The van der Waals surface area contributed by atoms with Gasteiger partial charge >= 0.3 is 0 Å². The van der Waals surface area contributed by atoms with Crippen LogP contribution in [0, 0.1) is 12.3 Å². The Kier molecular flexibility index (Phi) is 2.92. The van der Waals surface area contributed by atoms with Crippen molar-refractivity contribution in [2.45, 2.75) is 25.9 Å². The lowest BCUT2D eigenvalue weighted by Gasteiger charge is -2.22. The summed E-state index contributed by atoms with van der Waals surface area (Å²) in [5.41, 5.74) is 4.84. The molecule has 1 heterocycles. The van der Waals surface area contributed by atoms with Crippen molar-refractivity contribution in [3.63, 3.8) is 0 Å². The second-order valence-corrected chi connectivity index (χ2v) is 3.11. The Labute approximate surface area is 83.5 Å². The monoisotopic (exact) mass is 191 g/mol. The summed E-state index contributed by atoms with van der Waals surface area (Å²) in [7, 11) is 0. The van der Waals surface area contributed by atoms with E-state index in [0.29, 0.717) is 18.1 Å². The highest BCUT2D eigenvalue weighted by molar-refractivity contribution is 5.31. The summed E-state index contributed by atoms with van der Waals surface area (Å²) in [4.78, 5) is 7.67. The van der Waals surface area contributed by atoms with Gasteiger partial charge in [0.2, 0.25) is 5.88 Å². The van der Waals surface area contributed by atoms with Crippen molar-refractivity contribution in [3.8, 4) is 18.2 Å². The Morgan fingerprint density at radius 2 is 2.36 bits per heavy atom. The van der Waals surface area contributed by atoms with Gasteiger partial charge in [-0.15, -0.1) is 6.42 Å². The Bertz CT molecular complexity index is 359. The summed E-state index contributed by atoms with van der Waals surface area (Å²) in [6, 6.07) is 1.55. The summed E-state index contributed by atoms with van der Waals surface area (Å²) in [6.07, 6.45) is 7.40. The molecule has 0 aromatic carbocycles. The summed E-state index contributed by atoms with van der Waals surface area (Å²) in [6.45, 7) is 3.77. The molecular weight excluding hydrogens is 178 g/mol. The zero-order valence-electron chi connectivity index (χ0n) is 8.32. The zero-order valence-corrected chi connectivity index (χ0v) is 8.32. The minimum Gasteiger partial charge on any atom is -0.458 e. The standard InChI is InChI=1S/C10H13N3O/c1-4-10(3,5-2)14-9-6-8(11)12-7-13-9/h1,6-7H,5H2,2-3H3,(H2,11,12,13). The van der Waals surface area contributed by atoms with Crippen molar-refractivity contribution in [2.24, 2.45) is 0 Å². The lowest BCUT2D eigenvalue weighted by atomic mass is 10.1. The molecule has 74 valence electrons. The molecule has 0 bridgehead atoms. The Balaban J connectivity index is 2.84. The molecule has 4 heteroatoms. The molecule has 0 saturated heterocycles. The molecule has 0 saturated carbocycles. The number of anilines is 1. The van der Waals surface area contributed by atoms with Gasteiger partial charge in [-0.2, -0.15) is 0 Å². The van der Waals surface area contributed by atoms with Crippen molar-refractivity contribution in [1.29, 1.82) is 0 Å². The fourth-order valence-electron chi connectivity index (χ4n) is 0.844. The normalized spacial score (nSPS) is 14.1. The number of rotatable bonds is 3. The molecule has 0 fully saturated rings. The van der Waals surface area contributed by atoms with Crippen LogP contribution in [0.2, 0.25) is 0 Å². The van der Waals surface area contributed by atoms with Gasteiger partial charge < -0.3 is 10.5 Å². The van der Waals surface area contributed by atoms with E-state index in [1.807, 2.05) is 13.8 Å². The van der Waals surface area contributed by atoms with Crippen molar-refractivity contribution in [2.75, 3.05) is 5.73 Å². The van der Waals surface area contributed by atoms with Crippen LogP contribution in [0.25, 0.3) is 0 Å². The highest BCUT2D eigenvalue weighted by Gasteiger charge is 2.21. The molecule has 1 aromatic rings. The SMILES string of the molecule is C#CC(C)(CC)Oc1cc(N)ncn1. The van der Waals surface area contributed by atoms with Gasteiger partial charge in [0.1, 0.15) is 12.1 Å². The second kappa shape index (κ2) is 3.97. The Hall–Kier alpha value is -1.76. The first-order chi connectivity index (χ1) is 6.59. The average Bonchev–Trinajstić information content (AvgIpc) is 2.18. The molecule has 0 radical (unpaired) electrons. The third-order valence-electron chi connectivity index (χ3n) is 1.97. The molecule has 1 atom stereocenters. The van der Waals surface area contributed by atoms with Crippen LogP contribution >= 0.6 is 0 Å². The first kappa shape index (κ1) is 10.3. The van der Waals surface area contributed by atoms with E-state index < -0.39 is 5.60 Å². The number of nitrogens with two attached hydrogens (primary N) is 1. The van der Waals surface area contributed by atoms with E-state index in [4.69, 9.17) is 16.9 Å². The van der Waals surface area contributed by atoms with Gasteiger partial charge in [0.05, 0.1) is 0 Å². The van der Waals surface area contributed by atoms with E-state index in [1.165, 1.54) is 6.33 Å². The molecule has 14 heavy (non-hydrogen) atoms. The van der Waals surface area contributed by atoms with Crippen molar-refractivity contribution in [1.82, 2.24) is 9.97 Å². The molecule has 0 aliphatic rings. The Morgan fingerprint density at radius 1 is 1.64 bits per heavy atom. The van der Waals surface area contributed by atoms with Crippen LogP contribution in [0.3, 0.4) is 0 Å². The van der Waals surface area contributed by atoms with Gasteiger partial charge in [-0.05, 0) is 13.3 Å². The number of ether oxygens (including phenoxy) is 1. The van der Waals surface area contributed by atoms with E-state index in [9.17, 15) is 0 Å². The first-order valence-electron chi connectivity index (χ1n) is 4.34. The van der Waals surface area contributed by atoms with Gasteiger partial charge in [-0.3, -0.25) is 0 Å². The van der Waals surface area contributed by atoms with Gasteiger partial charge in [-0.25, -0.2) is 9.97 Å². The van der Waals surface area contributed by atoms with Crippen LogP contribution < -0.4 is 10.5 Å². The molecule has 4 nitrogen and oxygen atoms in total. The Morgan fingerprint density at radius 3 is 2.86 bits per heavy atom. The third kappa shape index (κ3) is 2.36. The molecule has 1 rings (SSSR count). The van der Waals surface area contributed by atoms with E-state index in [-0.39, 0.29) is 0 Å². The van der Waals surface area contributed by atoms with Crippen LogP contribution in [-0.4, -0.2) is 15.6 Å². The fourth-order valence-corrected chi connectivity index (χ4v) is 0.844. The van der Waals surface area contributed by atoms with E-state index >= 15 is 0 Å². The molecule has 2 N–H and O–H groups in total. The highest BCUT2D eigenvalue weighted by Crippen LogP contribution is 2.18. The van der Waals surface area contributed by atoms with Gasteiger partial charge in [0, 0.05) is 6.07 Å². The van der Waals surface area contributed by atoms with Gasteiger partial charge in [0.15, 0.2) is 5.60 Å². The lowest BCUT2D eigenvalue weighted by Crippen LogP contribution is -2.29. The number of hydrogen-bond donors (Lipinski definition) is 1. The van der Waals surface area contributed by atoms with Crippen LogP contribution in [0.15, 0.2) is 12.4 Å². The molecule has 0 spiro atoms. The summed E-state index contributed by atoms with van der Waals surface area (Å²) in [5, 5.41) is 0. The van der Waals surface area contributed by atoms with E-state index in [1.54, 1.807) is 6.07 Å². The number of aromatic nitrogens is 2. The zero-order chi connectivity index (χ0) is 10.6. The van der Waals surface area contributed by atoms with Crippen molar-refractivity contribution >= 4 is 5.82 Å². The molecule has 0 aliphatic heterocycles. The third-order valence-corrected chi connectivity index (χ3v) is 1.97. The minimum atomic E-state index is -0.638. The molecule has 0 amide bonds. The van der Waals surface area contributed by atoms with Crippen LogP contribution in [0.4, 0.5) is 5.82 Å². The van der Waals surface area contributed by atoms with Gasteiger partial charge in [0.25, 0.3) is 0 Å². The molecule has 1 unspecified atom stereocenters. The van der Waals surface area contributed by atoms with E-state index in [2.05, 4.69) is 15.9 Å². The van der Waals surface area contributed by atoms with Gasteiger partial charge in [-0.1, -0.05) is 12.8 Å². The lowest BCUT2D eigenvalue weighted by molar-refractivity contribution is 0.139. The predicted octanol–water partition coefficient (Wildman–Crippen LogP) is 1.24. The maximum absolute atomic E-state index is 5.51. The minimum absolute atomic E-state index is 0.366. The fraction of sp³-hybridized carbons (Fsp3) is 0.400. The quantitative estimate of drug-likeness (QED) is 0.730. The number of nitrogen functional groups attached to an aromatic ring is 1. The molecule has 1 aromatic heterocycles. The summed E-state index contributed by atoms with van der Waals surface area (Å²) >= 11 is 0. The number of nitrogens with zero attached hydrogens (tertiary/aromatic N) is 2. The molecular formula is C10H13N3O. The van der Waals surface area contributed by atoms with Crippen LogP contribution in [0.1, 0.15) is 20.3 Å². The summed E-state index contributed by atoms with van der Waals surface area (Å²) < 4.78 is 5.51.